The van der Waals surface area contributed by atoms with Crippen LogP contribution in [0.1, 0.15) is 33.3 Å². The number of carbonyl (C=O) groups excluding carboxylic acids is 1. The minimum Gasteiger partial charge on any atom is -0.497 e. The first-order valence-electron chi connectivity index (χ1n) is 12.0. The molecule has 1 aliphatic heterocycles. The lowest BCUT2D eigenvalue weighted by molar-refractivity contribution is 0.0714. The number of halogens is 1. The molecule has 38 heavy (non-hydrogen) atoms. The molecule has 0 radical (unpaired) electrons. The van der Waals surface area contributed by atoms with Gasteiger partial charge in [-0.3, -0.25) is 9.59 Å². The molecule has 5 aromatic rings. The Balaban J connectivity index is 1.48. The second kappa shape index (κ2) is 9.84. The molecule has 2 heterocycles. The van der Waals surface area contributed by atoms with Gasteiger partial charge in [0.15, 0.2) is 5.43 Å². The molecule has 1 unspecified atom stereocenters. The number of hydrogen-bond acceptors (Lipinski definition) is 5. The number of fused-ring (bicyclic) bond motifs is 2. The van der Waals surface area contributed by atoms with Crippen molar-refractivity contribution in [3.8, 4) is 17.2 Å². The van der Waals surface area contributed by atoms with Gasteiger partial charge in [0.05, 0.1) is 24.1 Å². The van der Waals surface area contributed by atoms with Crippen LogP contribution in [0.4, 0.5) is 0 Å². The Kier molecular flexibility index (Phi) is 6.21. The van der Waals surface area contributed by atoms with Crippen molar-refractivity contribution in [2.75, 3.05) is 7.11 Å². The summed E-state index contributed by atoms with van der Waals surface area (Å²) >= 11 is 3.44. The maximum atomic E-state index is 13.9. The number of nitrogens with zero attached hydrogens (tertiary/aromatic N) is 1. The molecule has 0 bridgehead atoms. The zero-order valence-corrected chi connectivity index (χ0v) is 22.0. The number of rotatable bonds is 6. The van der Waals surface area contributed by atoms with Gasteiger partial charge in [0, 0.05) is 11.0 Å². The number of carbonyl (C=O) groups is 1. The Bertz CT molecular complexity index is 1710. The van der Waals surface area contributed by atoms with E-state index in [9.17, 15) is 9.59 Å². The smallest absolute Gasteiger partial charge is 0.291 e. The summed E-state index contributed by atoms with van der Waals surface area (Å²) in [5.74, 6) is 1.75. The van der Waals surface area contributed by atoms with Gasteiger partial charge in [-0.25, -0.2) is 0 Å². The monoisotopic (exact) mass is 567 g/mol. The number of hydrogen-bond donors (Lipinski definition) is 0. The lowest BCUT2D eigenvalue weighted by Gasteiger charge is -2.25. The third-order valence-corrected chi connectivity index (χ3v) is 7.09. The fourth-order valence-electron chi connectivity index (χ4n) is 4.80. The number of para-hydroxylation sites is 1. The van der Waals surface area contributed by atoms with Gasteiger partial charge in [-0.1, -0.05) is 58.4 Å². The van der Waals surface area contributed by atoms with Crippen molar-refractivity contribution in [3.05, 3.63) is 134 Å². The van der Waals surface area contributed by atoms with Crippen LogP contribution >= 0.6 is 15.9 Å². The van der Waals surface area contributed by atoms with E-state index in [1.54, 1.807) is 30.2 Å². The molecule has 1 aliphatic rings. The molecule has 6 rings (SSSR count). The quantitative estimate of drug-likeness (QED) is 0.219. The van der Waals surface area contributed by atoms with Gasteiger partial charge < -0.3 is 18.8 Å². The summed E-state index contributed by atoms with van der Waals surface area (Å²) < 4.78 is 18.2. The number of amides is 1. The van der Waals surface area contributed by atoms with Crippen molar-refractivity contribution in [2.24, 2.45) is 0 Å². The van der Waals surface area contributed by atoms with Crippen LogP contribution in [0.3, 0.4) is 0 Å². The summed E-state index contributed by atoms with van der Waals surface area (Å²) in [6, 6.07) is 29.0. The van der Waals surface area contributed by atoms with Crippen LogP contribution in [0.15, 0.2) is 111 Å². The van der Waals surface area contributed by atoms with Crippen molar-refractivity contribution in [2.45, 2.75) is 12.6 Å². The van der Waals surface area contributed by atoms with Gasteiger partial charge in [-0.2, -0.15) is 0 Å². The highest BCUT2D eigenvalue weighted by Gasteiger charge is 2.42. The minimum atomic E-state index is -0.654. The van der Waals surface area contributed by atoms with Crippen LogP contribution < -0.4 is 14.9 Å². The van der Waals surface area contributed by atoms with E-state index in [0.29, 0.717) is 28.0 Å². The van der Waals surface area contributed by atoms with E-state index >= 15 is 0 Å². The van der Waals surface area contributed by atoms with Gasteiger partial charge in [-0.05, 0) is 65.7 Å². The summed E-state index contributed by atoms with van der Waals surface area (Å²) in [5.41, 5.74) is 2.11. The topological polar surface area (TPSA) is 69.0 Å². The molecule has 6 nitrogen and oxygen atoms in total. The van der Waals surface area contributed by atoms with Crippen LogP contribution in [-0.2, 0) is 6.54 Å². The SMILES string of the molecule is COc1ccc(CN2C(=O)c3oc4ccc(Br)cc4c(=O)c3C2c2cccc(Oc3ccccc3)c2)cc1. The fraction of sp³-hybridized carbons (Fsp3) is 0.0968. The third-order valence-electron chi connectivity index (χ3n) is 6.59. The number of methoxy groups -OCH3 is 1. The lowest BCUT2D eigenvalue weighted by Crippen LogP contribution is -2.29. The Hall–Kier alpha value is -4.36. The molecule has 188 valence electrons. The first kappa shape index (κ1) is 24.0. The highest BCUT2D eigenvalue weighted by atomic mass is 79.9. The molecule has 0 fully saturated rings. The van der Waals surface area contributed by atoms with Crippen LogP contribution in [-0.4, -0.2) is 17.9 Å². The fourth-order valence-corrected chi connectivity index (χ4v) is 5.16. The summed E-state index contributed by atoms with van der Waals surface area (Å²) in [7, 11) is 1.61. The van der Waals surface area contributed by atoms with E-state index in [-0.39, 0.29) is 23.6 Å². The van der Waals surface area contributed by atoms with Gasteiger partial charge in [-0.15, -0.1) is 0 Å². The molecule has 0 aliphatic carbocycles. The first-order chi connectivity index (χ1) is 18.5. The van der Waals surface area contributed by atoms with Crippen LogP contribution in [0.25, 0.3) is 11.0 Å². The van der Waals surface area contributed by atoms with E-state index in [4.69, 9.17) is 13.9 Å². The maximum Gasteiger partial charge on any atom is 0.291 e. The second-order valence-electron chi connectivity index (χ2n) is 8.99. The standard InChI is InChI=1S/C31H22BrNO5/c1-36-22-13-10-19(11-14-22)18-33-28(20-6-5-9-24(16-20)37-23-7-3-2-4-8-23)27-29(34)25-17-21(32)12-15-26(25)38-30(27)31(33)35/h2-17,28H,18H2,1H3. The highest BCUT2D eigenvalue weighted by molar-refractivity contribution is 9.10. The predicted octanol–water partition coefficient (Wildman–Crippen LogP) is 7.10. The second-order valence-corrected chi connectivity index (χ2v) is 9.90. The predicted molar refractivity (Wildman–Crippen MR) is 148 cm³/mol. The van der Waals surface area contributed by atoms with E-state index in [1.807, 2.05) is 78.9 Å². The van der Waals surface area contributed by atoms with Crippen molar-refractivity contribution < 1.29 is 18.7 Å². The van der Waals surface area contributed by atoms with E-state index in [2.05, 4.69) is 15.9 Å². The van der Waals surface area contributed by atoms with Crippen molar-refractivity contribution in [1.29, 1.82) is 0 Å². The average Bonchev–Trinajstić information content (AvgIpc) is 3.21. The van der Waals surface area contributed by atoms with Crippen LogP contribution in [0, 0.1) is 0 Å². The number of benzene rings is 4. The van der Waals surface area contributed by atoms with Gasteiger partial charge in [0.1, 0.15) is 22.8 Å². The molecular formula is C31H22BrNO5. The molecule has 4 aromatic carbocycles. The van der Waals surface area contributed by atoms with Crippen molar-refractivity contribution in [1.82, 2.24) is 4.90 Å². The van der Waals surface area contributed by atoms with Gasteiger partial charge >= 0.3 is 0 Å². The van der Waals surface area contributed by atoms with Crippen molar-refractivity contribution in [3.63, 3.8) is 0 Å². The summed E-state index contributed by atoms with van der Waals surface area (Å²) in [6.45, 7) is 0.279. The third kappa shape index (κ3) is 4.35. The molecule has 0 saturated heterocycles. The average molecular weight is 568 g/mol. The Morgan fingerprint density at radius 1 is 0.842 bits per heavy atom. The molecule has 0 spiro atoms. The molecule has 0 N–H and O–H groups in total. The summed E-state index contributed by atoms with van der Waals surface area (Å²) in [4.78, 5) is 29.3. The highest BCUT2D eigenvalue weighted by Crippen LogP contribution is 2.40. The number of ether oxygens (including phenoxy) is 2. The summed E-state index contributed by atoms with van der Waals surface area (Å²) in [6.07, 6.45) is 0. The zero-order chi connectivity index (χ0) is 26.2. The minimum absolute atomic E-state index is 0.0673. The molecular weight excluding hydrogens is 546 g/mol. The van der Waals surface area contributed by atoms with Crippen LogP contribution in [0.5, 0.6) is 17.2 Å². The normalized spacial score (nSPS) is 14.5. The first-order valence-corrected chi connectivity index (χ1v) is 12.8. The Morgan fingerprint density at radius 2 is 1.61 bits per heavy atom. The maximum absolute atomic E-state index is 13.9. The lowest BCUT2D eigenvalue weighted by atomic mass is 9.98. The summed E-state index contributed by atoms with van der Waals surface area (Å²) in [5, 5.41) is 0.416. The van der Waals surface area contributed by atoms with Crippen LogP contribution in [0.2, 0.25) is 0 Å². The zero-order valence-electron chi connectivity index (χ0n) is 20.4. The molecule has 1 aromatic heterocycles. The van der Waals surface area contributed by atoms with E-state index in [1.165, 1.54) is 0 Å². The van der Waals surface area contributed by atoms with E-state index in [0.717, 1.165) is 21.3 Å². The largest absolute Gasteiger partial charge is 0.497 e. The molecule has 7 heteroatoms. The Labute approximate surface area is 227 Å². The van der Waals surface area contributed by atoms with Gasteiger partial charge in [0.2, 0.25) is 5.76 Å². The molecule has 1 amide bonds. The Morgan fingerprint density at radius 3 is 2.37 bits per heavy atom. The van der Waals surface area contributed by atoms with E-state index < -0.39 is 6.04 Å². The van der Waals surface area contributed by atoms with Crippen molar-refractivity contribution >= 4 is 32.8 Å². The molecule has 1 atom stereocenters. The van der Waals surface area contributed by atoms with Gasteiger partial charge in [0.25, 0.3) is 5.91 Å². The molecule has 0 saturated carbocycles.